The molecule has 2 rings (SSSR count). The summed E-state index contributed by atoms with van der Waals surface area (Å²) in [5.74, 6) is -0.305. The molecule has 0 amide bonds. The summed E-state index contributed by atoms with van der Waals surface area (Å²) in [6.07, 6.45) is -7.58. The Morgan fingerprint density at radius 1 is 1.09 bits per heavy atom. The zero-order valence-corrected chi connectivity index (χ0v) is 12.7. The van der Waals surface area contributed by atoms with E-state index in [1.165, 1.54) is 0 Å². The second-order valence-corrected chi connectivity index (χ2v) is 5.40. The van der Waals surface area contributed by atoms with E-state index in [9.17, 15) is 25.2 Å². The zero-order valence-electron chi connectivity index (χ0n) is 11.9. The predicted octanol–water partition coefficient (Wildman–Crippen LogP) is -0.938. The Hall–Kier alpha value is -1.42. The normalized spacial score (nSPS) is 30.7. The molecule has 0 radical (unpaired) electrons. The van der Waals surface area contributed by atoms with Gasteiger partial charge in [0.2, 0.25) is 0 Å². The fourth-order valence-electron chi connectivity index (χ4n) is 1.96. The van der Waals surface area contributed by atoms with Crippen LogP contribution in [0.2, 0.25) is 5.02 Å². The molecule has 0 unspecified atom stereocenters. The van der Waals surface area contributed by atoms with Gasteiger partial charge in [0.05, 0.1) is 0 Å². The van der Waals surface area contributed by atoms with E-state index in [2.05, 4.69) is 0 Å². The van der Waals surface area contributed by atoms with Gasteiger partial charge in [-0.15, -0.1) is 0 Å². The number of ether oxygens (including phenoxy) is 3. The first kappa shape index (κ1) is 17.9. The van der Waals surface area contributed by atoms with E-state index >= 15 is 0 Å². The summed E-state index contributed by atoms with van der Waals surface area (Å²) in [5, 5.41) is 38.4. The first-order valence-corrected chi connectivity index (χ1v) is 7.18. The Balaban J connectivity index is 1.76. The van der Waals surface area contributed by atoms with Crippen molar-refractivity contribution in [2.75, 3.05) is 13.2 Å². The van der Waals surface area contributed by atoms with Crippen molar-refractivity contribution < 1.29 is 39.4 Å². The molecule has 8 nitrogen and oxygen atoms in total. The monoisotopic (exact) mass is 348 g/mol. The SMILES string of the molecule is O=C(COc1ccc(Cl)cc1)OC[C@H]1O[C@H](O)[C@H](O)[C@@H](O)[C@@H]1O. The highest BCUT2D eigenvalue weighted by Crippen LogP contribution is 2.20. The zero-order chi connectivity index (χ0) is 17.0. The molecule has 1 heterocycles. The Bertz CT molecular complexity index is 522. The fourth-order valence-corrected chi connectivity index (χ4v) is 2.08. The van der Waals surface area contributed by atoms with Crippen LogP contribution in [0, 0.1) is 0 Å². The summed E-state index contributed by atoms with van der Waals surface area (Å²) in [5.41, 5.74) is 0. The number of aliphatic hydroxyl groups excluding tert-OH is 4. The largest absolute Gasteiger partial charge is 0.482 e. The van der Waals surface area contributed by atoms with Crippen molar-refractivity contribution in [2.24, 2.45) is 0 Å². The molecule has 1 fully saturated rings. The van der Waals surface area contributed by atoms with E-state index in [0.29, 0.717) is 10.8 Å². The van der Waals surface area contributed by atoms with Crippen LogP contribution < -0.4 is 4.74 Å². The average Bonchev–Trinajstić information content (AvgIpc) is 2.54. The number of halogens is 1. The minimum absolute atomic E-state index is 0.377. The van der Waals surface area contributed by atoms with Crippen LogP contribution in [0.1, 0.15) is 0 Å². The molecule has 1 aliphatic rings. The van der Waals surface area contributed by atoms with Crippen LogP contribution in [-0.2, 0) is 14.3 Å². The van der Waals surface area contributed by atoms with E-state index in [-0.39, 0.29) is 6.61 Å². The molecule has 4 N–H and O–H groups in total. The molecule has 0 spiro atoms. The molecule has 0 aliphatic carbocycles. The van der Waals surface area contributed by atoms with Gasteiger partial charge in [-0.1, -0.05) is 11.6 Å². The summed E-state index contributed by atoms with van der Waals surface area (Å²) in [6, 6.07) is 6.36. The smallest absolute Gasteiger partial charge is 0.344 e. The molecule has 23 heavy (non-hydrogen) atoms. The Morgan fingerprint density at radius 2 is 1.74 bits per heavy atom. The first-order valence-electron chi connectivity index (χ1n) is 6.80. The van der Waals surface area contributed by atoms with Gasteiger partial charge in [0.25, 0.3) is 0 Å². The number of benzene rings is 1. The summed E-state index contributed by atoms with van der Waals surface area (Å²) in [4.78, 5) is 11.6. The molecule has 9 heteroatoms. The fraction of sp³-hybridized carbons (Fsp3) is 0.500. The summed E-state index contributed by atoms with van der Waals surface area (Å²) in [6.45, 7) is -0.789. The Kier molecular flexibility index (Phi) is 6.17. The number of rotatable bonds is 5. The first-order chi connectivity index (χ1) is 10.9. The maximum atomic E-state index is 11.6. The van der Waals surface area contributed by atoms with E-state index in [1.807, 2.05) is 0 Å². The van der Waals surface area contributed by atoms with E-state index in [4.69, 9.17) is 25.8 Å². The molecule has 5 atom stereocenters. The second-order valence-electron chi connectivity index (χ2n) is 4.96. The maximum absolute atomic E-state index is 11.6. The van der Waals surface area contributed by atoms with Crippen molar-refractivity contribution in [3.63, 3.8) is 0 Å². The van der Waals surface area contributed by atoms with E-state index in [0.717, 1.165) is 0 Å². The lowest BCUT2D eigenvalue weighted by Gasteiger charge is -2.37. The van der Waals surface area contributed by atoms with Crippen LogP contribution in [0.25, 0.3) is 0 Å². The van der Waals surface area contributed by atoms with Crippen LogP contribution in [-0.4, -0.2) is 70.3 Å². The van der Waals surface area contributed by atoms with E-state index < -0.39 is 43.3 Å². The van der Waals surface area contributed by atoms with Crippen molar-refractivity contribution in [3.8, 4) is 5.75 Å². The lowest BCUT2D eigenvalue weighted by molar-refractivity contribution is -0.287. The highest BCUT2D eigenvalue weighted by Gasteiger charge is 2.43. The average molecular weight is 349 g/mol. The lowest BCUT2D eigenvalue weighted by atomic mass is 9.99. The van der Waals surface area contributed by atoms with Crippen molar-refractivity contribution in [1.82, 2.24) is 0 Å². The van der Waals surface area contributed by atoms with Crippen molar-refractivity contribution in [3.05, 3.63) is 29.3 Å². The number of carbonyl (C=O) groups is 1. The van der Waals surface area contributed by atoms with Gasteiger partial charge in [-0.2, -0.15) is 0 Å². The topological polar surface area (TPSA) is 126 Å². The van der Waals surface area contributed by atoms with Gasteiger partial charge in [-0.3, -0.25) is 0 Å². The number of esters is 1. The molecule has 0 saturated carbocycles. The minimum atomic E-state index is -1.68. The molecular weight excluding hydrogens is 332 g/mol. The van der Waals surface area contributed by atoms with Crippen LogP contribution in [0.5, 0.6) is 5.75 Å². The predicted molar refractivity (Wildman–Crippen MR) is 76.8 cm³/mol. The third-order valence-corrected chi connectivity index (χ3v) is 3.52. The Morgan fingerprint density at radius 3 is 2.39 bits per heavy atom. The lowest BCUT2D eigenvalue weighted by Crippen LogP contribution is -2.58. The quantitative estimate of drug-likeness (QED) is 0.502. The number of hydrogen-bond acceptors (Lipinski definition) is 8. The number of aliphatic hydroxyl groups is 4. The summed E-state index contributed by atoms with van der Waals surface area (Å²) in [7, 11) is 0. The van der Waals surface area contributed by atoms with Gasteiger partial charge in [0.15, 0.2) is 12.9 Å². The molecule has 1 aromatic carbocycles. The van der Waals surface area contributed by atoms with Crippen LogP contribution >= 0.6 is 11.6 Å². The molecule has 1 aliphatic heterocycles. The van der Waals surface area contributed by atoms with Crippen molar-refractivity contribution >= 4 is 17.6 Å². The molecule has 1 aromatic rings. The third kappa shape index (κ3) is 4.77. The van der Waals surface area contributed by atoms with Gasteiger partial charge in [0.1, 0.15) is 36.8 Å². The van der Waals surface area contributed by atoms with Gasteiger partial charge in [-0.05, 0) is 24.3 Å². The molecular formula is C14H17ClO8. The standard InChI is InChI=1S/C14H17ClO8/c15-7-1-3-8(4-2-7)21-6-10(16)22-5-9-11(17)12(18)13(19)14(20)23-9/h1-4,9,11-14,17-20H,5-6H2/t9-,11-,12+,13-,14+/m1/s1. The highest BCUT2D eigenvalue weighted by atomic mass is 35.5. The van der Waals surface area contributed by atoms with Gasteiger partial charge in [0, 0.05) is 5.02 Å². The van der Waals surface area contributed by atoms with Gasteiger partial charge < -0.3 is 34.6 Å². The van der Waals surface area contributed by atoms with Crippen molar-refractivity contribution in [2.45, 2.75) is 30.7 Å². The number of carbonyl (C=O) groups excluding carboxylic acids is 1. The number of hydrogen-bond donors (Lipinski definition) is 4. The molecule has 0 bridgehead atoms. The van der Waals surface area contributed by atoms with Gasteiger partial charge >= 0.3 is 5.97 Å². The molecule has 128 valence electrons. The maximum Gasteiger partial charge on any atom is 0.344 e. The summed E-state index contributed by atoms with van der Waals surface area (Å²) < 4.78 is 14.9. The second kappa shape index (κ2) is 7.91. The summed E-state index contributed by atoms with van der Waals surface area (Å²) >= 11 is 5.71. The minimum Gasteiger partial charge on any atom is -0.482 e. The van der Waals surface area contributed by atoms with Crippen LogP contribution in [0.15, 0.2) is 24.3 Å². The van der Waals surface area contributed by atoms with E-state index in [1.54, 1.807) is 24.3 Å². The highest BCUT2D eigenvalue weighted by molar-refractivity contribution is 6.30. The third-order valence-electron chi connectivity index (χ3n) is 3.27. The van der Waals surface area contributed by atoms with Crippen molar-refractivity contribution in [1.29, 1.82) is 0 Å². The molecule has 0 aromatic heterocycles. The van der Waals surface area contributed by atoms with Crippen LogP contribution in [0.3, 0.4) is 0 Å². The van der Waals surface area contributed by atoms with Gasteiger partial charge in [-0.25, -0.2) is 4.79 Å². The Labute approximate surface area is 136 Å². The van der Waals surface area contributed by atoms with Crippen LogP contribution in [0.4, 0.5) is 0 Å². The molecule has 1 saturated heterocycles.